The molecule has 59 heavy (non-hydrogen) atoms. The van der Waals surface area contributed by atoms with E-state index >= 15 is 0 Å². The molecule has 0 saturated carbocycles. The molecular formula is C48H65NO10. The lowest BCUT2D eigenvalue weighted by molar-refractivity contribution is -0.00747. The molecule has 0 saturated heterocycles. The number of anilines is 1. The molecule has 5 rings (SSSR count). The molecule has 322 valence electrons. The molecule has 11 heteroatoms. The molecule has 0 unspecified atom stereocenters. The van der Waals surface area contributed by atoms with Crippen molar-refractivity contribution in [1.29, 1.82) is 0 Å². The Morgan fingerprint density at radius 1 is 0.508 bits per heavy atom. The Labute approximate surface area is 351 Å². The molecule has 11 nitrogen and oxygen atoms in total. The zero-order valence-corrected chi connectivity index (χ0v) is 36.0. The first kappa shape index (κ1) is 46.2. The van der Waals surface area contributed by atoms with Crippen molar-refractivity contribution in [2.75, 3.05) is 132 Å². The van der Waals surface area contributed by atoms with Gasteiger partial charge >= 0.3 is 0 Å². The molecule has 0 bridgehead atoms. The molecule has 0 heterocycles. The van der Waals surface area contributed by atoms with Gasteiger partial charge in [-0.05, 0) is 77.4 Å². The predicted octanol–water partition coefficient (Wildman–Crippen LogP) is 6.67. The van der Waals surface area contributed by atoms with Crippen molar-refractivity contribution >= 4 is 5.69 Å². The number of methoxy groups -OCH3 is 1. The van der Waals surface area contributed by atoms with Crippen LogP contribution in [0.3, 0.4) is 0 Å². The van der Waals surface area contributed by atoms with E-state index in [9.17, 15) is 0 Å². The number of aryl methyl sites for hydroxylation is 3. The molecule has 0 fully saturated rings. The van der Waals surface area contributed by atoms with Crippen LogP contribution in [0.25, 0.3) is 11.1 Å². The van der Waals surface area contributed by atoms with Crippen molar-refractivity contribution in [3.8, 4) is 16.9 Å². The summed E-state index contributed by atoms with van der Waals surface area (Å²) in [4.78, 5) is 2.12. The van der Waals surface area contributed by atoms with Crippen LogP contribution in [0.2, 0.25) is 0 Å². The molecule has 0 aliphatic heterocycles. The van der Waals surface area contributed by atoms with Gasteiger partial charge in [0.1, 0.15) is 12.4 Å². The average molecular weight is 816 g/mol. The fraction of sp³-hybridized carbons (Fsp3) is 0.500. The molecule has 0 aromatic heterocycles. The number of hydrogen-bond donors (Lipinski definition) is 1. The van der Waals surface area contributed by atoms with Crippen LogP contribution in [-0.4, -0.2) is 132 Å². The first-order valence-corrected chi connectivity index (χ1v) is 20.7. The summed E-state index contributed by atoms with van der Waals surface area (Å²) < 4.78 is 50.7. The lowest BCUT2D eigenvalue weighted by Gasteiger charge is -2.35. The summed E-state index contributed by atoms with van der Waals surface area (Å²) in [6.07, 6.45) is 0. The zero-order chi connectivity index (χ0) is 41.9. The maximum absolute atomic E-state index is 8.77. The third kappa shape index (κ3) is 12.6. The van der Waals surface area contributed by atoms with E-state index in [4.69, 9.17) is 47.7 Å². The highest BCUT2D eigenvalue weighted by Gasteiger charge is 2.46. The van der Waals surface area contributed by atoms with Gasteiger partial charge in [0.2, 0.25) is 0 Å². The number of nitrogens with zero attached hydrogens (tertiary/aromatic N) is 1. The van der Waals surface area contributed by atoms with E-state index in [0.717, 1.165) is 17.0 Å². The Hall–Kier alpha value is -3.88. The Morgan fingerprint density at radius 2 is 0.983 bits per heavy atom. The van der Waals surface area contributed by atoms with E-state index in [1.807, 2.05) is 0 Å². The van der Waals surface area contributed by atoms with E-state index in [1.54, 1.807) is 7.11 Å². The Morgan fingerprint density at radius 3 is 1.49 bits per heavy atom. The SMILES string of the molecule is COCCOCCOCCOCCOc1ccc(C2(c3ccc(COCCOCCOCCOCCO)c(C)c3)c3cc(C)ccc3-c3ccc(C)cc32)cc1N(C)C. The molecule has 1 aliphatic rings. The standard InChI is InChI=1S/C48H65NO10/c1-36-7-12-42-43-13-8-37(2)32-45(43)48(44(42)31-36,40-10-9-39(38(3)33-40)35-58-28-27-56-24-23-54-20-19-52-16-15-50)41-11-14-47(46(34-41)49(4)5)59-30-29-57-26-25-55-22-21-53-18-17-51-6/h7-14,31-34,50H,15-30,35H2,1-6H3. The quantitative estimate of drug-likeness (QED) is 0.0524. The van der Waals surface area contributed by atoms with Crippen molar-refractivity contribution in [3.63, 3.8) is 0 Å². The van der Waals surface area contributed by atoms with Gasteiger partial charge in [0.15, 0.2) is 0 Å². The molecular weight excluding hydrogens is 751 g/mol. The lowest BCUT2D eigenvalue weighted by Crippen LogP contribution is -2.29. The maximum atomic E-state index is 8.77. The normalized spacial score (nSPS) is 12.8. The van der Waals surface area contributed by atoms with Gasteiger partial charge in [-0.25, -0.2) is 0 Å². The Kier molecular flexibility index (Phi) is 19.1. The van der Waals surface area contributed by atoms with Crippen molar-refractivity contribution in [1.82, 2.24) is 0 Å². The van der Waals surface area contributed by atoms with Crippen molar-refractivity contribution in [3.05, 3.63) is 117 Å². The number of benzene rings is 4. The predicted molar refractivity (Wildman–Crippen MR) is 231 cm³/mol. The second kappa shape index (κ2) is 24.4. The summed E-state index contributed by atoms with van der Waals surface area (Å²) in [6.45, 7) is 14.3. The molecule has 1 aliphatic carbocycles. The van der Waals surface area contributed by atoms with Crippen molar-refractivity contribution in [2.45, 2.75) is 32.8 Å². The van der Waals surface area contributed by atoms with Gasteiger partial charge < -0.3 is 52.6 Å². The zero-order valence-electron chi connectivity index (χ0n) is 36.0. The second-order valence-corrected chi connectivity index (χ2v) is 14.9. The average Bonchev–Trinajstić information content (AvgIpc) is 3.51. The van der Waals surface area contributed by atoms with E-state index < -0.39 is 5.41 Å². The highest BCUT2D eigenvalue weighted by Crippen LogP contribution is 2.57. The third-order valence-electron chi connectivity index (χ3n) is 10.4. The van der Waals surface area contributed by atoms with Crippen LogP contribution in [0.1, 0.15) is 44.5 Å². The Bertz CT molecular complexity index is 1810. The van der Waals surface area contributed by atoms with Crippen LogP contribution in [-0.2, 0) is 49.9 Å². The van der Waals surface area contributed by atoms with Crippen LogP contribution in [0.15, 0.2) is 72.8 Å². The van der Waals surface area contributed by atoms with Crippen LogP contribution < -0.4 is 9.64 Å². The first-order chi connectivity index (χ1) is 28.8. The van der Waals surface area contributed by atoms with Gasteiger partial charge in [-0.3, -0.25) is 0 Å². The topological polar surface area (TPSA) is 107 Å². The minimum Gasteiger partial charge on any atom is -0.489 e. The maximum Gasteiger partial charge on any atom is 0.142 e. The molecule has 4 aromatic carbocycles. The van der Waals surface area contributed by atoms with Gasteiger partial charge in [-0.1, -0.05) is 71.8 Å². The summed E-state index contributed by atoms with van der Waals surface area (Å²) in [7, 11) is 5.78. The summed E-state index contributed by atoms with van der Waals surface area (Å²) in [6, 6.07) is 27.2. The van der Waals surface area contributed by atoms with Crippen molar-refractivity contribution < 1.29 is 47.7 Å². The number of hydrogen-bond acceptors (Lipinski definition) is 11. The van der Waals surface area contributed by atoms with Crippen LogP contribution in [0.5, 0.6) is 5.75 Å². The van der Waals surface area contributed by atoms with E-state index in [0.29, 0.717) is 106 Å². The summed E-state index contributed by atoms with van der Waals surface area (Å²) in [5.41, 5.74) is 12.6. The summed E-state index contributed by atoms with van der Waals surface area (Å²) >= 11 is 0. The third-order valence-corrected chi connectivity index (χ3v) is 10.4. The summed E-state index contributed by atoms with van der Waals surface area (Å²) in [5, 5.41) is 8.77. The first-order valence-electron chi connectivity index (χ1n) is 20.7. The largest absolute Gasteiger partial charge is 0.489 e. The van der Waals surface area contributed by atoms with Crippen LogP contribution >= 0.6 is 0 Å². The van der Waals surface area contributed by atoms with Gasteiger partial charge in [-0.15, -0.1) is 0 Å². The minimum atomic E-state index is -0.574. The molecule has 0 spiro atoms. The van der Waals surface area contributed by atoms with Gasteiger partial charge in [0, 0.05) is 21.2 Å². The number of rotatable bonds is 29. The van der Waals surface area contributed by atoms with E-state index in [-0.39, 0.29) is 6.61 Å². The fourth-order valence-corrected chi connectivity index (χ4v) is 7.45. The fourth-order valence-electron chi connectivity index (χ4n) is 7.45. The number of ether oxygens (including phenoxy) is 9. The number of aliphatic hydroxyl groups excluding tert-OH is 1. The van der Waals surface area contributed by atoms with Gasteiger partial charge in [0.25, 0.3) is 0 Å². The Balaban J connectivity index is 1.31. The molecule has 0 amide bonds. The van der Waals surface area contributed by atoms with Crippen LogP contribution in [0, 0.1) is 20.8 Å². The smallest absolute Gasteiger partial charge is 0.142 e. The van der Waals surface area contributed by atoms with Gasteiger partial charge in [0.05, 0.1) is 117 Å². The molecule has 0 atom stereocenters. The highest BCUT2D eigenvalue weighted by molar-refractivity contribution is 5.87. The van der Waals surface area contributed by atoms with E-state index in [2.05, 4.69) is 113 Å². The monoisotopic (exact) mass is 815 g/mol. The summed E-state index contributed by atoms with van der Waals surface area (Å²) in [5.74, 6) is 0.804. The molecule has 0 radical (unpaired) electrons. The molecule has 4 aromatic rings. The molecule has 1 N–H and O–H groups in total. The number of fused-ring (bicyclic) bond motifs is 3. The highest BCUT2D eigenvalue weighted by atomic mass is 16.6. The second-order valence-electron chi connectivity index (χ2n) is 14.9. The van der Waals surface area contributed by atoms with Crippen molar-refractivity contribution in [2.24, 2.45) is 0 Å². The lowest BCUT2D eigenvalue weighted by atomic mass is 9.67. The minimum absolute atomic E-state index is 0.0169. The van der Waals surface area contributed by atoms with Crippen LogP contribution in [0.4, 0.5) is 5.69 Å². The number of aliphatic hydroxyl groups is 1. The van der Waals surface area contributed by atoms with Gasteiger partial charge in [-0.2, -0.15) is 0 Å². The van der Waals surface area contributed by atoms with E-state index in [1.165, 1.54) is 50.1 Å².